The van der Waals surface area contributed by atoms with Gasteiger partial charge in [-0.15, -0.1) is 0 Å². The molecule has 0 aliphatic rings. The smallest absolute Gasteiger partial charge is 0.242 e. The summed E-state index contributed by atoms with van der Waals surface area (Å²) >= 11 is 7.37. The van der Waals surface area contributed by atoms with Crippen LogP contribution in [0.2, 0.25) is 5.02 Å². The lowest BCUT2D eigenvalue weighted by molar-refractivity contribution is -0.117. The highest BCUT2D eigenvalue weighted by molar-refractivity contribution is 7.98. The summed E-state index contributed by atoms with van der Waals surface area (Å²) in [4.78, 5) is 12.8. The van der Waals surface area contributed by atoms with Crippen molar-refractivity contribution in [3.8, 4) is 0 Å². The van der Waals surface area contributed by atoms with Crippen LogP contribution in [-0.4, -0.2) is 32.4 Å². The Kier molecular flexibility index (Phi) is 7.73. The third kappa shape index (κ3) is 6.24. The lowest BCUT2D eigenvalue weighted by atomic mass is 10.1. The second-order valence-electron chi connectivity index (χ2n) is 6.20. The Balaban J connectivity index is 2.18. The standard InChI is InChI=1S/C19H23ClN2O3S2/c1-13-4-7-16(12-14(13)2)21-19(23)18(10-11-26-3)22-27(24,25)17-8-5-15(20)6-9-17/h4-9,12,18,22H,10-11H2,1-3H3,(H,21,23). The van der Waals surface area contributed by atoms with E-state index in [2.05, 4.69) is 10.0 Å². The van der Waals surface area contributed by atoms with Crippen LogP contribution in [0.5, 0.6) is 0 Å². The third-order valence-corrected chi connectivity index (χ3v) is 6.51. The van der Waals surface area contributed by atoms with E-state index in [4.69, 9.17) is 11.6 Å². The van der Waals surface area contributed by atoms with Gasteiger partial charge in [0.1, 0.15) is 6.04 Å². The number of rotatable bonds is 8. The van der Waals surface area contributed by atoms with E-state index in [0.717, 1.165) is 11.1 Å². The maximum absolute atomic E-state index is 12.7. The van der Waals surface area contributed by atoms with Crippen LogP contribution < -0.4 is 10.0 Å². The number of amides is 1. The Morgan fingerprint density at radius 2 is 1.78 bits per heavy atom. The highest BCUT2D eigenvalue weighted by Crippen LogP contribution is 2.17. The Labute approximate surface area is 169 Å². The fourth-order valence-electron chi connectivity index (χ4n) is 2.40. The summed E-state index contributed by atoms with van der Waals surface area (Å²) in [5, 5.41) is 3.25. The molecule has 0 spiro atoms. The van der Waals surface area contributed by atoms with Gasteiger partial charge < -0.3 is 5.32 Å². The molecule has 0 bridgehead atoms. The second-order valence-corrected chi connectivity index (χ2v) is 9.33. The molecule has 1 amide bonds. The number of nitrogens with one attached hydrogen (secondary N) is 2. The molecular formula is C19H23ClN2O3S2. The van der Waals surface area contributed by atoms with E-state index in [1.54, 1.807) is 17.8 Å². The fourth-order valence-corrected chi connectivity index (χ4v) is 4.22. The quantitative estimate of drug-likeness (QED) is 0.669. The number of hydrogen-bond acceptors (Lipinski definition) is 4. The van der Waals surface area contributed by atoms with E-state index >= 15 is 0 Å². The summed E-state index contributed by atoms with van der Waals surface area (Å²) in [5.74, 6) is 0.263. The van der Waals surface area contributed by atoms with Crippen molar-refractivity contribution in [2.24, 2.45) is 0 Å². The Hall–Kier alpha value is -1.54. The van der Waals surface area contributed by atoms with E-state index in [0.29, 0.717) is 22.9 Å². The van der Waals surface area contributed by atoms with Gasteiger partial charge >= 0.3 is 0 Å². The molecule has 2 rings (SSSR count). The van der Waals surface area contributed by atoms with Crippen molar-refractivity contribution in [1.29, 1.82) is 0 Å². The van der Waals surface area contributed by atoms with Crippen LogP contribution in [0.25, 0.3) is 0 Å². The van der Waals surface area contributed by atoms with Gasteiger partial charge in [-0.1, -0.05) is 17.7 Å². The Morgan fingerprint density at radius 3 is 2.37 bits per heavy atom. The lowest BCUT2D eigenvalue weighted by Crippen LogP contribution is -2.44. The minimum atomic E-state index is -3.84. The maximum atomic E-state index is 12.7. The molecule has 2 aromatic carbocycles. The van der Waals surface area contributed by atoms with E-state index < -0.39 is 16.1 Å². The molecule has 0 heterocycles. The van der Waals surface area contributed by atoms with Crippen molar-refractivity contribution < 1.29 is 13.2 Å². The van der Waals surface area contributed by atoms with Crippen molar-refractivity contribution in [3.05, 3.63) is 58.6 Å². The van der Waals surface area contributed by atoms with Gasteiger partial charge in [-0.25, -0.2) is 8.42 Å². The molecule has 0 aliphatic carbocycles. The monoisotopic (exact) mass is 426 g/mol. The first-order chi connectivity index (χ1) is 12.7. The normalized spacial score (nSPS) is 12.6. The molecule has 5 nitrogen and oxygen atoms in total. The Morgan fingerprint density at radius 1 is 1.11 bits per heavy atom. The van der Waals surface area contributed by atoms with Crippen molar-refractivity contribution in [2.45, 2.75) is 31.2 Å². The van der Waals surface area contributed by atoms with Crippen LogP contribution in [0.1, 0.15) is 17.5 Å². The number of aryl methyl sites for hydroxylation is 2. The summed E-state index contributed by atoms with van der Waals surface area (Å²) in [7, 11) is -3.84. The third-order valence-electron chi connectivity index (χ3n) is 4.12. The van der Waals surface area contributed by atoms with Crippen LogP contribution >= 0.6 is 23.4 Å². The van der Waals surface area contributed by atoms with E-state index in [1.165, 1.54) is 24.3 Å². The number of thioether (sulfide) groups is 1. The van der Waals surface area contributed by atoms with Gasteiger partial charge in [-0.2, -0.15) is 16.5 Å². The molecule has 27 heavy (non-hydrogen) atoms. The molecule has 1 unspecified atom stereocenters. The minimum absolute atomic E-state index is 0.0695. The molecule has 0 saturated heterocycles. The first kappa shape index (κ1) is 21.8. The molecule has 0 aromatic heterocycles. The summed E-state index contributed by atoms with van der Waals surface area (Å²) < 4.78 is 27.8. The minimum Gasteiger partial charge on any atom is -0.325 e. The molecule has 0 aliphatic heterocycles. The SMILES string of the molecule is CSCCC(NS(=O)(=O)c1ccc(Cl)cc1)C(=O)Nc1ccc(C)c(C)c1. The van der Waals surface area contributed by atoms with Crippen molar-refractivity contribution in [1.82, 2.24) is 4.72 Å². The number of sulfonamides is 1. The average Bonchev–Trinajstić information content (AvgIpc) is 2.62. The summed E-state index contributed by atoms with van der Waals surface area (Å²) in [6, 6.07) is 10.5. The van der Waals surface area contributed by atoms with Crippen LogP contribution in [-0.2, 0) is 14.8 Å². The highest BCUT2D eigenvalue weighted by atomic mass is 35.5. The number of benzene rings is 2. The molecule has 146 valence electrons. The predicted molar refractivity (Wildman–Crippen MR) is 113 cm³/mol. The van der Waals surface area contributed by atoms with Crippen molar-refractivity contribution in [3.63, 3.8) is 0 Å². The molecular weight excluding hydrogens is 404 g/mol. The molecule has 1 atom stereocenters. The summed E-state index contributed by atoms with van der Waals surface area (Å²) in [6.45, 7) is 3.95. The number of anilines is 1. The second kappa shape index (κ2) is 9.59. The zero-order valence-electron chi connectivity index (χ0n) is 15.5. The van der Waals surface area contributed by atoms with E-state index in [-0.39, 0.29) is 10.8 Å². The van der Waals surface area contributed by atoms with E-state index in [1.807, 2.05) is 32.2 Å². The molecule has 2 N–H and O–H groups in total. The van der Waals surface area contributed by atoms with Crippen LogP contribution in [0, 0.1) is 13.8 Å². The highest BCUT2D eigenvalue weighted by Gasteiger charge is 2.25. The lowest BCUT2D eigenvalue weighted by Gasteiger charge is -2.19. The first-order valence-corrected chi connectivity index (χ1v) is 11.6. The number of hydrogen-bond donors (Lipinski definition) is 2. The van der Waals surface area contributed by atoms with Gasteiger partial charge in [0.25, 0.3) is 0 Å². The first-order valence-electron chi connectivity index (χ1n) is 8.38. The van der Waals surface area contributed by atoms with Crippen LogP contribution in [0.3, 0.4) is 0 Å². The zero-order valence-corrected chi connectivity index (χ0v) is 17.8. The van der Waals surface area contributed by atoms with Gasteiger partial charge in [0.15, 0.2) is 0 Å². The number of halogens is 1. The van der Waals surface area contributed by atoms with Crippen LogP contribution in [0.4, 0.5) is 5.69 Å². The summed E-state index contributed by atoms with van der Waals surface area (Å²) in [5.41, 5.74) is 2.81. The van der Waals surface area contributed by atoms with Gasteiger partial charge in [0.05, 0.1) is 4.90 Å². The Bertz CT molecular complexity index is 900. The maximum Gasteiger partial charge on any atom is 0.242 e. The molecule has 0 fully saturated rings. The zero-order chi connectivity index (χ0) is 20.0. The molecule has 0 radical (unpaired) electrons. The fraction of sp³-hybridized carbons (Fsp3) is 0.316. The molecule has 0 saturated carbocycles. The van der Waals surface area contributed by atoms with Gasteiger partial charge in [0.2, 0.25) is 15.9 Å². The van der Waals surface area contributed by atoms with Gasteiger partial charge in [0, 0.05) is 10.7 Å². The molecule has 2 aromatic rings. The van der Waals surface area contributed by atoms with Gasteiger partial charge in [-0.3, -0.25) is 4.79 Å². The van der Waals surface area contributed by atoms with Crippen molar-refractivity contribution in [2.75, 3.05) is 17.3 Å². The average molecular weight is 427 g/mol. The van der Waals surface area contributed by atoms with Crippen molar-refractivity contribution >= 4 is 45.0 Å². The number of carbonyl (C=O) groups excluding carboxylic acids is 1. The predicted octanol–water partition coefficient (Wildman–Crippen LogP) is 4.00. The van der Waals surface area contributed by atoms with Gasteiger partial charge in [-0.05, 0) is 79.8 Å². The summed E-state index contributed by atoms with van der Waals surface area (Å²) in [6.07, 6.45) is 2.29. The van der Waals surface area contributed by atoms with E-state index in [9.17, 15) is 13.2 Å². The molecule has 8 heteroatoms. The number of carbonyl (C=O) groups is 1. The topological polar surface area (TPSA) is 75.3 Å². The largest absolute Gasteiger partial charge is 0.325 e. The van der Waals surface area contributed by atoms with Crippen LogP contribution in [0.15, 0.2) is 47.4 Å².